The lowest BCUT2D eigenvalue weighted by Gasteiger charge is -2.39. The van der Waals surface area contributed by atoms with Crippen molar-refractivity contribution in [3.8, 4) is 16.9 Å². The number of hydrogen-bond donors (Lipinski definition) is 1. The summed E-state index contributed by atoms with van der Waals surface area (Å²) in [6.45, 7) is 0. The normalized spacial score (nSPS) is 14.5. The van der Waals surface area contributed by atoms with Crippen LogP contribution in [-0.2, 0) is 5.41 Å². The van der Waals surface area contributed by atoms with E-state index in [1.54, 1.807) is 11.8 Å². The molecule has 5 heteroatoms. The molecule has 0 unspecified atom stereocenters. The van der Waals surface area contributed by atoms with Crippen molar-refractivity contribution in [2.24, 2.45) is 0 Å². The van der Waals surface area contributed by atoms with E-state index < -0.39 is 5.41 Å². The second kappa shape index (κ2) is 6.68. The number of fused-ring (bicyclic) bond motifs is 9. The molecule has 0 saturated heterocycles. The van der Waals surface area contributed by atoms with Crippen LogP contribution >= 0.6 is 23.4 Å². The molecule has 2 aliphatic rings. The summed E-state index contributed by atoms with van der Waals surface area (Å²) in [5, 5.41) is 10.1. The van der Waals surface area contributed by atoms with Crippen molar-refractivity contribution in [2.45, 2.75) is 15.2 Å². The Kier molecular flexibility index (Phi) is 4.04. The Hall–Kier alpha value is -2.66. The van der Waals surface area contributed by atoms with Crippen molar-refractivity contribution >= 4 is 31.0 Å². The van der Waals surface area contributed by atoms with E-state index in [4.69, 9.17) is 16.3 Å². The molecule has 0 saturated carbocycles. The molecule has 0 bridgehead atoms. The average Bonchev–Trinajstić information content (AvgIpc) is 3.05. The molecule has 4 aromatic rings. The summed E-state index contributed by atoms with van der Waals surface area (Å²) in [4.78, 5) is 2.48. The van der Waals surface area contributed by atoms with E-state index in [0.717, 1.165) is 24.4 Å². The van der Waals surface area contributed by atoms with Crippen molar-refractivity contribution in [2.75, 3.05) is 0 Å². The molecule has 143 valence electrons. The standard InChI is InChI=1S/C25H15BClO2S/c27-15-12-13-17-16(14-15)24-20(8-5-9-21(24)29-26-28)25(17)18-6-1-3-10-22(18)30-23-11-4-2-7-19(23)25/h1-14,28H. The van der Waals surface area contributed by atoms with Crippen molar-refractivity contribution < 1.29 is 9.68 Å². The van der Waals surface area contributed by atoms with E-state index >= 15 is 0 Å². The highest BCUT2D eigenvalue weighted by molar-refractivity contribution is 7.99. The first kappa shape index (κ1) is 18.1. The van der Waals surface area contributed by atoms with Crippen LogP contribution in [0.25, 0.3) is 11.1 Å². The fourth-order valence-corrected chi connectivity index (χ4v) is 6.41. The van der Waals surface area contributed by atoms with Crippen LogP contribution in [0.1, 0.15) is 22.3 Å². The van der Waals surface area contributed by atoms with E-state index in [0.29, 0.717) is 10.8 Å². The molecule has 0 aromatic heterocycles. The van der Waals surface area contributed by atoms with Gasteiger partial charge in [-0.2, -0.15) is 0 Å². The van der Waals surface area contributed by atoms with Gasteiger partial charge in [-0.25, -0.2) is 0 Å². The predicted octanol–water partition coefficient (Wildman–Crippen LogP) is 6.07. The van der Waals surface area contributed by atoms with Gasteiger partial charge in [0.25, 0.3) is 0 Å². The maximum atomic E-state index is 9.39. The van der Waals surface area contributed by atoms with Crippen molar-refractivity contribution in [3.05, 3.63) is 112 Å². The molecule has 1 N–H and O–H groups in total. The lowest BCUT2D eigenvalue weighted by molar-refractivity contribution is 0.454. The minimum atomic E-state index is -0.470. The molecule has 1 heterocycles. The van der Waals surface area contributed by atoms with Crippen LogP contribution in [0.15, 0.2) is 94.7 Å². The summed E-state index contributed by atoms with van der Waals surface area (Å²) in [6, 6.07) is 29.3. The van der Waals surface area contributed by atoms with Gasteiger partial charge in [0, 0.05) is 20.4 Å². The number of rotatable bonds is 2. The van der Waals surface area contributed by atoms with Crippen LogP contribution < -0.4 is 4.65 Å². The second-order valence-corrected chi connectivity index (χ2v) is 8.96. The van der Waals surface area contributed by atoms with Gasteiger partial charge in [0.2, 0.25) is 0 Å². The lowest BCUT2D eigenvalue weighted by Crippen LogP contribution is -2.31. The van der Waals surface area contributed by atoms with Crippen molar-refractivity contribution in [1.29, 1.82) is 0 Å². The van der Waals surface area contributed by atoms with Gasteiger partial charge in [0.1, 0.15) is 5.75 Å². The zero-order chi connectivity index (χ0) is 20.3. The lowest BCUT2D eigenvalue weighted by atomic mass is 9.67. The summed E-state index contributed by atoms with van der Waals surface area (Å²) >= 11 is 8.25. The SMILES string of the molecule is O[B]Oc1cccc2c1-c1cc(Cl)ccc1C21c2ccccc2Sc2ccccc21. The van der Waals surface area contributed by atoms with Crippen LogP contribution in [-0.4, -0.2) is 12.7 Å². The minimum absolute atomic E-state index is 0.470. The fraction of sp³-hybridized carbons (Fsp3) is 0.0400. The number of halogens is 1. The molecule has 1 aliphatic heterocycles. The molecule has 0 amide bonds. The van der Waals surface area contributed by atoms with Gasteiger partial charge in [0.15, 0.2) is 0 Å². The minimum Gasteiger partial charge on any atom is -0.537 e. The third-order valence-corrected chi connectivity index (χ3v) is 7.45. The van der Waals surface area contributed by atoms with Crippen molar-refractivity contribution in [3.63, 3.8) is 0 Å². The number of hydrogen-bond acceptors (Lipinski definition) is 3. The molecule has 1 radical (unpaired) electrons. The fourth-order valence-electron chi connectivity index (χ4n) is 5.05. The Labute approximate surface area is 184 Å². The zero-order valence-corrected chi connectivity index (χ0v) is 17.4. The first-order chi connectivity index (χ1) is 14.7. The summed E-state index contributed by atoms with van der Waals surface area (Å²) in [5.74, 6) is 0.614. The summed E-state index contributed by atoms with van der Waals surface area (Å²) in [7, 11) is 0.740. The van der Waals surface area contributed by atoms with Gasteiger partial charge in [-0.3, -0.25) is 0 Å². The Morgan fingerprint density at radius 1 is 0.767 bits per heavy atom. The third-order valence-electron chi connectivity index (χ3n) is 6.07. The highest BCUT2D eigenvalue weighted by Crippen LogP contribution is 2.63. The van der Waals surface area contributed by atoms with Crippen LogP contribution in [0.4, 0.5) is 0 Å². The molecule has 4 aromatic carbocycles. The molecular weight excluding hydrogens is 411 g/mol. The Morgan fingerprint density at radius 3 is 2.13 bits per heavy atom. The maximum Gasteiger partial charge on any atom is 0.569 e. The quantitative estimate of drug-likeness (QED) is 0.341. The predicted molar refractivity (Wildman–Crippen MR) is 121 cm³/mol. The smallest absolute Gasteiger partial charge is 0.537 e. The van der Waals surface area contributed by atoms with Crippen LogP contribution in [0.5, 0.6) is 5.75 Å². The summed E-state index contributed by atoms with van der Waals surface area (Å²) in [5.41, 5.74) is 6.35. The van der Waals surface area contributed by atoms with Gasteiger partial charge < -0.3 is 9.68 Å². The van der Waals surface area contributed by atoms with Crippen LogP contribution in [0.2, 0.25) is 5.02 Å². The van der Waals surface area contributed by atoms with Gasteiger partial charge >= 0.3 is 7.69 Å². The Morgan fingerprint density at radius 2 is 1.43 bits per heavy atom. The second-order valence-electron chi connectivity index (χ2n) is 7.44. The van der Waals surface area contributed by atoms with E-state index in [9.17, 15) is 5.02 Å². The Bertz CT molecular complexity index is 1270. The van der Waals surface area contributed by atoms with Gasteiger partial charge in [0.05, 0.1) is 5.41 Å². The molecule has 0 atom stereocenters. The summed E-state index contributed by atoms with van der Waals surface area (Å²) in [6.07, 6.45) is 0. The highest BCUT2D eigenvalue weighted by Gasteiger charge is 2.50. The number of benzene rings is 4. The first-order valence-corrected chi connectivity index (χ1v) is 10.9. The molecule has 1 spiro atoms. The average molecular weight is 426 g/mol. The van der Waals surface area contributed by atoms with Gasteiger partial charge in [-0.15, -0.1) is 0 Å². The van der Waals surface area contributed by atoms with E-state index in [-0.39, 0.29) is 0 Å². The summed E-state index contributed by atoms with van der Waals surface area (Å²) < 4.78 is 5.54. The van der Waals surface area contributed by atoms with Crippen LogP contribution in [0, 0.1) is 0 Å². The molecule has 30 heavy (non-hydrogen) atoms. The highest BCUT2D eigenvalue weighted by atomic mass is 35.5. The van der Waals surface area contributed by atoms with Crippen LogP contribution in [0.3, 0.4) is 0 Å². The Balaban J connectivity index is 1.83. The molecule has 0 fully saturated rings. The molecule has 1 aliphatic carbocycles. The first-order valence-electron chi connectivity index (χ1n) is 9.68. The third kappa shape index (κ3) is 2.27. The van der Waals surface area contributed by atoms with E-state index in [1.807, 2.05) is 24.3 Å². The molecule has 2 nitrogen and oxygen atoms in total. The van der Waals surface area contributed by atoms with Crippen molar-refractivity contribution in [1.82, 2.24) is 0 Å². The zero-order valence-electron chi connectivity index (χ0n) is 15.8. The van der Waals surface area contributed by atoms with Gasteiger partial charge in [-0.1, -0.05) is 78.0 Å². The van der Waals surface area contributed by atoms with E-state index in [1.165, 1.54) is 26.5 Å². The monoisotopic (exact) mass is 425 g/mol. The topological polar surface area (TPSA) is 29.5 Å². The molecular formula is C25H15BClO2S. The largest absolute Gasteiger partial charge is 0.569 e. The maximum absolute atomic E-state index is 9.39. The molecule has 6 rings (SSSR count). The van der Waals surface area contributed by atoms with Gasteiger partial charge in [-0.05, 0) is 58.1 Å². The van der Waals surface area contributed by atoms with E-state index in [2.05, 4.69) is 60.7 Å².